The molecule has 0 spiro atoms. The van der Waals surface area contributed by atoms with Gasteiger partial charge in [-0.05, 0) is 25.3 Å². The average Bonchev–Trinajstić information content (AvgIpc) is 1.99. The molecule has 48 valence electrons. The zero-order chi connectivity index (χ0) is 11.9. The number of nitrogen functional groups attached to an aromatic ring is 1. The van der Waals surface area contributed by atoms with Crippen molar-refractivity contribution in [1.29, 1.82) is 0 Å². The molecular formula is C7H10N2. The SMILES string of the molecule is [2H]C([2H])([2H])c1nccc(N)c1C([2H])([2H])[2H]. The van der Waals surface area contributed by atoms with Crippen LogP contribution in [0.5, 0.6) is 0 Å². The van der Waals surface area contributed by atoms with Gasteiger partial charge in [-0.15, -0.1) is 0 Å². The summed E-state index contributed by atoms with van der Waals surface area (Å²) in [6.45, 7) is -5.14. The van der Waals surface area contributed by atoms with Crippen molar-refractivity contribution in [2.45, 2.75) is 13.7 Å². The molecule has 0 fully saturated rings. The molecule has 0 aliphatic heterocycles. The predicted molar refractivity (Wildman–Crippen MR) is 38.1 cm³/mol. The minimum atomic E-state index is -2.57. The van der Waals surface area contributed by atoms with E-state index in [9.17, 15) is 0 Å². The van der Waals surface area contributed by atoms with Gasteiger partial charge in [-0.3, -0.25) is 4.98 Å². The first kappa shape index (κ1) is 1.97. The molecule has 0 saturated heterocycles. The summed E-state index contributed by atoms with van der Waals surface area (Å²) in [6, 6.07) is 1.27. The summed E-state index contributed by atoms with van der Waals surface area (Å²) in [5, 5.41) is 0. The van der Waals surface area contributed by atoms with E-state index in [4.69, 9.17) is 14.0 Å². The van der Waals surface area contributed by atoms with Crippen molar-refractivity contribution >= 4 is 5.69 Å². The van der Waals surface area contributed by atoms with E-state index in [1.54, 1.807) is 0 Å². The van der Waals surface area contributed by atoms with Gasteiger partial charge in [-0.1, -0.05) is 0 Å². The molecule has 2 heteroatoms. The van der Waals surface area contributed by atoms with Gasteiger partial charge in [0.2, 0.25) is 0 Å². The Bertz CT molecular complexity index is 367. The Morgan fingerprint density at radius 2 is 2.56 bits per heavy atom. The lowest BCUT2D eigenvalue weighted by molar-refractivity contribution is 1.15. The summed E-state index contributed by atoms with van der Waals surface area (Å²) in [7, 11) is 0. The van der Waals surface area contributed by atoms with Crippen LogP contribution >= 0.6 is 0 Å². The molecule has 0 radical (unpaired) electrons. The van der Waals surface area contributed by atoms with Crippen LogP contribution in [0.25, 0.3) is 0 Å². The highest BCUT2D eigenvalue weighted by Crippen LogP contribution is 2.10. The van der Waals surface area contributed by atoms with Gasteiger partial charge < -0.3 is 5.73 Å². The number of hydrogen-bond donors (Lipinski definition) is 1. The molecule has 2 N–H and O–H groups in total. The maximum atomic E-state index is 7.20. The highest BCUT2D eigenvalue weighted by molar-refractivity contribution is 5.46. The van der Waals surface area contributed by atoms with Crippen LogP contribution < -0.4 is 5.73 Å². The van der Waals surface area contributed by atoms with Crippen molar-refractivity contribution in [3.05, 3.63) is 23.5 Å². The minimum Gasteiger partial charge on any atom is -0.398 e. The summed E-state index contributed by atoms with van der Waals surface area (Å²) in [5.41, 5.74) is 4.54. The van der Waals surface area contributed by atoms with Crippen molar-refractivity contribution in [3.63, 3.8) is 0 Å². The molecule has 1 aromatic rings. The second kappa shape index (κ2) is 2.05. The first-order valence-electron chi connectivity index (χ1n) is 5.39. The second-order valence-electron chi connectivity index (χ2n) is 1.62. The summed E-state index contributed by atoms with van der Waals surface area (Å²) in [6.07, 6.45) is 1.19. The van der Waals surface area contributed by atoms with Crippen molar-refractivity contribution in [2.75, 3.05) is 5.73 Å². The fraction of sp³-hybridized carbons (Fsp3) is 0.286. The monoisotopic (exact) mass is 128 g/mol. The number of hydrogen-bond acceptors (Lipinski definition) is 2. The zero-order valence-electron chi connectivity index (χ0n) is 10.7. The Labute approximate surface area is 63.2 Å². The number of pyridine rings is 1. The van der Waals surface area contributed by atoms with Crippen LogP contribution in [0.4, 0.5) is 5.69 Å². The van der Waals surface area contributed by atoms with E-state index in [0.717, 1.165) is 0 Å². The molecule has 2 nitrogen and oxygen atoms in total. The van der Waals surface area contributed by atoms with Crippen molar-refractivity contribution < 1.29 is 8.22 Å². The molecule has 9 heavy (non-hydrogen) atoms. The third-order valence-corrected chi connectivity index (χ3v) is 0.983. The first-order valence-corrected chi connectivity index (χ1v) is 2.39. The lowest BCUT2D eigenvalue weighted by Gasteiger charge is -1.99. The van der Waals surface area contributed by atoms with E-state index in [1.807, 2.05) is 0 Å². The van der Waals surface area contributed by atoms with E-state index in [1.165, 1.54) is 12.3 Å². The fourth-order valence-corrected chi connectivity index (χ4v) is 0.477. The molecule has 0 aliphatic rings. The van der Waals surface area contributed by atoms with Gasteiger partial charge in [0, 0.05) is 25.8 Å². The first-order chi connectivity index (χ1) is 6.64. The maximum absolute atomic E-state index is 7.20. The van der Waals surface area contributed by atoms with E-state index in [0.29, 0.717) is 0 Å². The van der Waals surface area contributed by atoms with E-state index in [2.05, 4.69) is 4.98 Å². The smallest absolute Gasteiger partial charge is 0.0422 e. The van der Waals surface area contributed by atoms with Crippen LogP contribution in [0.2, 0.25) is 0 Å². The van der Waals surface area contributed by atoms with Crippen LogP contribution in [0, 0.1) is 13.7 Å². The normalized spacial score (nSPS) is 22.2. The Kier molecular flexibility index (Phi) is 0.450. The zero-order valence-corrected chi connectivity index (χ0v) is 4.68. The largest absolute Gasteiger partial charge is 0.398 e. The second-order valence-corrected chi connectivity index (χ2v) is 1.62. The number of aromatic nitrogens is 1. The van der Waals surface area contributed by atoms with Crippen LogP contribution in [0.15, 0.2) is 12.3 Å². The summed E-state index contributed by atoms with van der Waals surface area (Å²) in [4.78, 5) is 3.57. The van der Waals surface area contributed by atoms with Crippen LogP contribution in [-0.4, -0.2) is 4.98 Å². The standard InChI is InChI=1S/C7H10N2/c1-5-6(2)9-4-3-7(5)8/h3-4H,1-2H3,(H2,8,9)/i1D3,2D3. The van der Waals surface area contributed by atoms with Gasteiger partial charge >= 0.3 is 0 Å². The van der Waals surface area contributed by atoms with Gasteiger partial charge in [0.15, 0.2) is 0 Å². The molecule has 0 bridgehead atoms. The quantitative estimate of drug-likeness (QED) is 0.571. The molecule has 1 rings (SSSR count). The minimum absolute atomic E-state index is 0.0730. The topological polar surface area (TPSA) is 38.9 Å². The lowest BCUT2D eigenvalue weighted by Crippen LogP contribution is -1.93. The van der Waals surface area contributed by atoms with Gasteiger partial charge in [-0.25, -0.2) is 0 Å². The molecule has 0 aromatic carbocycles. The van der Waals surface area contributed by atoms with Crippen molar-refractivity contribution in [1.82, 2.24) is 4.98 Å². The van der Waals surface area contributed by atoms with Crippen molar-refractivity contribution in [3.8, 4) is 0 Å². The maximum Gasteiger partial charge on any atom is 0.0422 e. The van der Waals surface area contributed by atoms with Gasteiger partial charge in [0.1, 0.15) is 0 Å². The molecule has 0 aliphatic carbocycles. The summed E-state index contributed by atoms with van der Waals surface area (Å²) in [5.74, 6) is 0. The molecule has 0 unspecified atom stereocenters. The van der Waals surface area contributed by atoms with Gasteiger partial charge in [0.05, 0.1) is 0 Å². The van der Waals surface area contributed by atoms with E-state index >= 15 is 0 Å². The summed E-state index contributed by atoms with van der Waals surface area (Å²) < 4.78 is 43.1. The number of nitrogens with two attached hydrogens (primary N) is 1. The lowest BCUT2D eigenvalue weighted by atomic mass is 10.2. The molecule has 0 amide bonds. The predicted octanol–water partition coefficient (Wildman–Crippen LogP) is 1.28. The van der Waals surface area contributed by atoms with E-state index in [-0.39, 0.29) is 11.3 Å². The summed E-state index contributed by atoms with van der Waals surface area (Å²) >= 11 is 0. The van der Waals surface area contributed by atoms with Crippen LogP contribution in [0.3, 0.4) is 0 Å². The number of rotatable bonds is 0. The molecular weight excluding hydrogens is 112 g/mol. The van der Waals surface area contributed by atoms with Crippen LogP contribution in [-0.2, 0) is 0 Å². The highest BCUT2D eigenvalue weighted by Gasteiger charge is 1.94. The molecule has 1 heterocycles. The van der Waals surface area contributed by atoms with Crippen molar-refractivity contribution in [2.24, 2.45) is 0 Å². The Hall–Kier alpha value is -1.05. The number of nitrogens with zero attached hydrogens (tertiary/aromatic N) is 1. The molecule has 0 saturated carbocycles. The average molecular weight is 128 g/mol. The van der Waals surface area contributed by atoms with Crippen LogP contribution in [0.1, 0.15) is 19.5 Å². The Morgan fingerprint density at radius 1 is 1.67 bits per heavy atom. The highest BCUT2D eigenvalue weighted by atomic mass is 14.7. The Morgan fingerprint density at radius 3 is 3.11 bits per heavy atom. The third kappa shape index (κ3) is 1.02. The van der Waals surface area contributed by atoms with Gasteiger partial charge in [-0.2, -0.15) is 0 Å². The van der Waals surface area contributed by atoms with E-state index < -0.39 is 19.4 Å². The number of aryl methyl sites for hydroxylation is 1. The molecule has 1 aromatic heterocycles. The third-order valence-electron chi connectivity index (χ3n) is 0.983. The molecule has 0 atom stereocenters. The fourth-order valence-electron chi connectivity index (χ4n) is 0.477. The Balaban J connectivity index is 3.48. The number of anilines is 1. The van der Waals surface area contributed by atoms with Gasteiger partial charge in [0.25, 0.3) is 0 Å².